The van der Waals surface area contributed by atoms with E-state index in [4.69, 9.17) is 9.47 Å². The van der Waals surface area contributed by atoms with Gasteiger partial charge in [0.25, 0.3) is 0 Å². The number of aryl methyl sites for hydroxylation is 3. The van der Waals surface area contributed by atoms with Crippen molar-refractivity contribution < 1.29 is 9.47 Å². The van der Waals surface area contributed by atoms with Crippen molar-refractivity contribution in [3.63, 3.8) is 0 Å². The Kier molecular flexibility index (Phi) is 5.33. The van der Waals surface area contributed by atoms with E-state index in [1.807, 2.05) is 37.6 Å². The number of nitrogens with zero attached hydrogens (tertiary/aromatic N) is 3. The average Bonchev–Trinajstić information content (AvgIpc) is 3.10. The van der Waals surface area contributed by atoms with Crippen LogP contribution >= 0.6 is 0 Å². The standard InChI is InChI=1S/C20H23N3O2/c1-15-12-17(19(25-3)18(13-15)24-2)20-22-9-11-23(20)10-5-7-16-6-4-8-21-14-16/h4,6,8-9,11-14H,5,7,10H2,1-3H3. The Hall–Kier alpha value is -2.82. The molecule has 5 nitrogen and oxygen atoms in total. The molecule has 0 fully saturated rings. The van der Waals surface area contributed by atoms with Crippen molar-refractivity contribution in [3.05, 3.63) is 60.2 Å². The van der Waals surface area contributed by atoms with Gasteiger partial charge in [0.1, 0.15) is 5.82 Å². The molecule has 25 heavy (non-hydrogen) atoms. The van der Waals surface area contributed by atoms with Crippen molar-refractivity contribution in [3.8, 4) is 22.9 Å². The monoisotopic (exact) mass is 337 g/mol. The first-order valence-corrected chi connectivity index (χ1v) is 8.36. The second kappa shape index (κ2) is 7.83. The van der Waals surface area contributed by atoms with Gasteiger partial charge in [-0.1, -0.05) is 6.07 Å². The van der Waals surface area contributed by atoms with Crippen molar-refractivity contribution in [1.82, 2.24) is 14.5 Å². The molecular weight excluding hydrogens is 314 g/mol. The van der Waals surface area contributed by atoms with E-state index in [1.54, 1.807) is 20.4 Å². The second-order valence-corrected chi connectivity index (χ2v) is 5.96. The Labute approximate surface area is 148 Å². The van der Waals surface area contributed by atoms with Crippen molar-refractivity contribution in [1.29, 1.82) is 0 Å². The molecule has 3 rings (SSSR count). The first kappa shape index (κ1) is 17.0. The normalized spacial score (nSPS) is 10.7. The average molecular weight is 337 g/mol. The van der Waals surface area contributed by atoms with Crippen molar-refractivity contribution in [2.75, 3.05) is 14.2 Å². The summed E-state index contributed by atoms with van der Waals surface area (Å²) in [7, 11) is 3.31. The summed E-state index contributed by atoms with van der Waals surface area (Å²) < 4.78 is 13.2. The number of benzene rings is 1. The van der Waals surface area contributed by atoms with Crippen LogP contribution in [0.5, 0.6) is 11.5 Å². The summed E-state index contributed by atoms with van der Waals surface area (Å²) in [5, 5.41) is 0. The molecule has 0 saturated carbocycles. The molecule has 0 N–H and O–H groups in total. The van der Waals surface area contributed by atoms with Gasteiger partial charge in [-0.05, 0) is 49.1 Å². The molecule has 130 valence electrons. The van der Waals surface area contributed by atoms with Crippen LogP contribution in [0.3, 0.4) is 0 Å². The van der Waals surface area contributed by atoms with E-state index in [9.17, 15) is 0 Å². The SMILES string of the molecule is COc1cc(C)cc(-c2nccn2CCCc2cccnc2)c1OC. The zero-order valence-corrected chi connectivity index (χ0v) is 14.9. The van der Waals surface area contributed by atoms with Crippen LogP contribution in [0, 0.1) is 6.92 Å². The van der Waals surface area contributed by atoms with Crippen LogP contribution in [0.2, 0.25) is 0 Å². The molecule has 0 radical (unpaired) electrons. The lowest BCUT2D eigenvalue weighted by atomic mass is 10.1. The Morgan fingerprint density at radius 1 is 1.12 bits per heavy atom. The second-order valence-electron chi connectivity index (χ2n) is 5.96. The number of methoxy groups -OCH3 is 2. The van der Waals surface area contributed by atoms with Gasteiger partial charge < -0.3 is 14.0 Å². The molecule has 0 aliphatic heterocycles. The summed E-state index contributed by atoms with van der Waals surface area (Å²) in [6.07, 6.45) is 9.55. The van der Waals surface area contributed by atoms with Gasteiger partial charge in [-0.15, -0.1) is 0 Å². The molecular formula is C20H23N3O2. The number of pyridine rings is 1. The third-order valence-corrected chi connectivity index (χ3v) is 4.17. The summed E-state index contributed by atoms with van der Waals surface area (Å²) in [4.78, 5) is 8.72. The molecule has 3 aromatic rings. The third-order valence-electron chi connectivity index (χ3n) is 4.17. The number of hydrogen-bond acceptors (Lipinski definition) is 4. The molecule has 0 bridgehead atoms. The Balaban J connectivity index is 1.83. The highest BCUT2D eigenvalue weighted by Gasteiger charge is 2.16. The Bertz CT molecular complexity index is 828. The molecule has 0 spiro atoms. The minimum absolute atomic E-state index is 0.716. The maximum Gasteiger partial charge on any atom is 0.171 e. The summed E-state index contributed by atoms with van der Waals surface area (Å²) >= 11 is 0. The Morgan fingerprint density at radius 3 is 2.72 bits per heavy atom. The minimum Gasteiger partial charge on any atom is -0.493 e. The smallest absolute Gasteiger partial charge is 0.171 e. The lowest BCUT2D eigenvalue weighted by molar-refractivity contribution is 0.355. The van der Waals surface area contributed by atoms with Crippen LogP contribution in [0.4, 0.5) is 0 Å². The first-order valence-electron chi connectivity index (χ1n) is 8.36. The molecule has 0 amide bonds. The van der Waals surface area contributed by atoms with Crippen LogP contribution in [-0.4, -0.2) is 28.8 Å². The van der Waals surface area contributed by atoms with Gasteiger partial charge in [-0.3, -0.25) is 4.98 Å². The van der Waals surface area contributed by atoms with Crippen LogP contribution in [0.15, 0.2) is 49.1 Å². The zero-order valence-electron chi connectivity index (χ0n) is 14.9. The summed E-state index contributed by atoms with van der Waals surface area (Å²) in [5.74, 6) is 2.33. The predicted octanol–water partition coefficient (Wildman–Crippen LogP) is 3.90. The quantitative estimate of drug-likeness (QED) is 0.656. The van der Waals surface area contributed by atoms with Crippen molar-refractivity contribution in [2.45, 2.75) is 26.3 Å². The lowest BCUT2D eigenvalue weighted by Gasteiger charge is -2.15. The maximum atomic E-state index is 5.59. The van der Waals surface area contributed by atoms with Gasteiger partial charge in [0.05, 0.1) is 19.8 Å². The molecule has 0 atom stereocenters. The highest BCUT2D eigenvalue weighted by atomic mass is 16.5. The lowest BCUT2D eigenvalue weighted by Crippen LogP contribution is -2.03. The Morgan fingerprint density at radius 2 is 2.00 bits per heavy atom. The van der Waals surface area contributed by atoms with Gasteiger partial charge in [0.2, 0.25) is 0 Å². The summed E-state index contributed by atoms with van der Waals surface area (Å²) in [5.41, 5.74) is 3.31. The molecule has 2 aromatic heterocycles. The van der Waals surface area contributed by atoms with E-state index in [1.165, 1.54) is 5.56 Å². The number of rotatable bonds is 7. The van der Waals surface area contributed by atoms with Crippen LogP contribution in [-0.2, 0) is 13.0 Å². The number of ether oxygens (including phenoxy) is 2. The van der Waals surface area contributed by atoms with E-state index < -0.39 is 0 Å². The van der Waals surface area contributed by atoms with Gasteiger partial charge in [-0.25, -0.2) is 4.98 Å². The van der Waals surface area contributed by atoms with E-state index in [2.05, 4.69) is 26.7 Å². The molecule has 1 aromatic carbocycles. The first-order chi connectivity index (χ1) is 12.2. The van der Waals surface area contributed by atoms with Gasteiger partial charge in [0.15, 0.2) is 11.5 Å². The zero-order chi connectivity index (χ0) is 17.6. The summed E-state index contributed by atoms with van der Waals surface area (Å²) in [6, 6.07) is 8.14. The van der Waals surface area contributed by atoms with E-state index in [0.717, 1.165) is 42.1 Å². The number of imidazole rings is 1. The van der Waals surface area contributed by atoms with Crippen LogP contribution in [0.25, 0.3) is 11.4 Å². The van der Waals surface area contributed by atoms with Crippen LogP contribution < -0.4 is 9.47 Å². The van der Waals surface area contributed by atoms with Gasteiger partial charge in [0, 0.05) is 31.3 Å². The van der Waals surface area contributed by atoms with E-state index in [-0.39, 0.29) is 0 Å². The number of aromatic nitrogens is 3. The fraction of sp³-hybridized carbons (Fsp3) is 0.300. The molecule has 0 saturated heterocycles. The molecule has 0 aliphatic rings. The largest absolute Gasteiger partial charge is 0.493 e. The summed E-state index contributed by atoms with van der Waals surface area (Å²) in [6.45, 7) is 2.92. The van der Waals surface area contributed by atoms with E-state index in [0.29, 0.717) is 5.75 Å². The third kappa shape index (κ3) is 3.82. The van der Waals surface area contributed by atoms with Gasteiger partial charge >= 0.3 is 0 Å². The van der Waals surface area contributed by atoms with Crippen molar-refractivity contribution >= 4 is 0 Å². The predicted molar refractivity (Wildman–Crippen MR) is 98.1 cm³/mol. The number of hydrogen-bond donors (Lipinski definition) is 0. The fourth-order valence-electron chi connectivity index (χ4n) is 3.00. The van der Waals surface area contributed by atoms with Crippen LogP contribution in [0.1, 0.15) is 17.5 Å². The molecule has 5 heteroatoms. The maximum absolute atomic E-state index is 5.59. The van der Waals surface area contributed by atoms with E-state index >= 15 is 0 Å². The molecule has 0 unspecified atom stereocenters. The topological polar surface area (TPSA) is 49.2 Å². The molecule has 0 aliphatic carbocycles. The highest BCUT2D eigenvalue weighted by molar-refractivity contribution is 5.70. The van der Waals surface area contributed by atoms with Gasteiger partial charge in [-0.2, -0.15) is 0 Å². The van der Waals surface area contributed by atoms with Crippen molar-refractivity contribution in [2.24, 2.45) is 0 Å². The minimum atomic E-state index is 0.716. The fourth-order valence-corrected chi connectivity index (χ4v) is 3.00. The molecule has 2 heterocycles. The highest BCUT2D eigenvalue weighted by Crippen LogP contribution is 2.38.